The highest BCUT2D eigenvalue weighted by molar-refractivity contribution is 7.92. The van der Waals surface area contributed by atoms with Gasteiger partial charge in [0.2, 0.25) is 0 Å². The van der Waals surface area contributed by atoms with Crippen molar-refractivity contribution in [3.63, 3.8) is 0 Å². The van der Waals surface area contributed by atoms with Crippen molar-refractivity contribution in [2.24, 2.45) is 5.10 Å². The predicted octanol–water partition coefficient (Wildman–Crippen LogP) is 4.42. The van der Waals surface area contributed by atoms with Gasteiger partial charge >= 0.3 is 0 Å². The molecule has 172 valence electrons. The molecule has 0 unspecified atom stereocenters. The van der Waals surface area contributed by atoms with Crippen molar-refractivity contribution in [2.75, 3.05) is 18.0 Å². The molecule has 0 saturated heterocycles. The monoisotopic (exact) mass is 457 g/mol. The molecule has 0 heterocycles. The number of rotatable bonds is 7. The minimum absolute atomic E-state index is 0.123. The second kappa shape index (κ2) is 11.1. The SMILES string of the molecule is COc1ccc(N(CC(=O)NN=C2CCCCCCC2)S(=O)(=O)c2ccc(C)cc2)cc1. The van der Waals surface area contributed by atoms with Crippen molar-refractivity contribution in [3.8, 4) is 5.75 Å². The van der Waals surface area contributed by atoms with Crippen LogP contribution in [0.15, 0.2) is 58.5 Å². The van der Waals surface area contributed by atoms with Crippen LogP contribution in [0, 0.1) is 6.92 Å². The summed E-state index contributed by atoms with van der Waals surface area (Å²) in [5.41, 5.74) is 4.87. The molecule has 1 amide bonds. The van der Waals surface area contributed by atoms with Gasteiger partial charge in [-0.15, -0.1) is 0 Å². The number of nitrogens with zero attached hydrogens (tertiary/aromatic N) is 2. The molecular formula is C24H31N3O4S. The lowest BCUT2D eigenvalue weighted by Crippen LogP contribution is -2.39. The van der Waals surface area contributed by atoms with Gasteiger partial charge in [0, 0.05) is 5.71 Å². The van der Waals surface area contributed by atoms with Gasteiger partial charge in [0.1, 0.15) is 12.3 Å². The van der Waals surface area contributed by atoms with Gasteiger partial charge in [0.15, 0.2) is 0 Å². The zero-order chi connectivity index (χ0) is 23.0. The van der Waals surface area contributed by atoms with E-state index in [1.165, 1.54) is 26.4 Å². The standard InChI is InChI=1S/C24H31N3O4S/c1-19-10-16-23(17-11-19)32(29,30)27(21-12-14-22(31-2)15-13-21)18-24(28)26-25-20-8-6-4-3-5-7-9-20/h10-17H,3-9,18H2,1-2H3,(H,26,28). The van der Waals surface area contributed by atoms with Gasteiger partial charge in [-0.05, 0) is 69.0 Å². The second-order valence-electron chi connectivity index (χ2n) is 8.00. The summed E-state index contributed by atoms with van der Waals surface area (Å²) in [5, 5.41) is 4.30. The van der Waals surface area contributed by atoms with Crippen molar-refractivity contribution in [1.29, 1.82) is 0 Å². The van der Waals surface area contributed by atoms with E-state index in [1.807, 2.05) is 6.92 Å². The maximum atomic E-state index is 13.4. The third kappa shape index (κ3) is 6.32. The molecule has 0 atom stereocenters. The lowest BCUT2D eigenvalue weighted by Gasteiger charge is -2.24. The van der Waals surface area contributed by atoms with Crippen molar-refractivity contribution >= 4 is 27.3 Å². The van der Waals surface area contributed by atoms with E-state index in [0.29, 0.717) is 11.4 Å². The molecule has 0 aliphatic heterocycles. The minimum Gasteiger partial charge on any atom is -0.497 e. The molecule has 32 heavy (non-hydrogen) atoms. The van der Waals surface area contributed by atoms with E-state index in [0.717, 1.165) is 41.3 Å². The molecule has 1 N–H and O–H groups in total. The first kappa shape index (κ1) is 23.8. The van der Waals surface area contributed by atoms with Gasteiger partial charge in [-0.25, -0.2) is 13.8 Å². The van der Waals surface area contributed by atoms with E-state index in [1.54, 1.807) is 48.5 Å². The molecule has 0 bridgehead atoms. The van der Waals surface area contributed by atoms with Crippen LogP contribution in [0.25, 0.3) is 0 Å². The number of amides is 1. The van der Waals surface area contributed by atoms with Gasteiger partial charge in [0.25, 0.3) is 15.9 Å². The van der Waals surface area contributed by atoms with Crippen molar-refractivity contribution in [1.82, 2.24) is 5.43 Å². The van der Waals surface area contributed by atoms with E-state index in [-0.39, 0.29) is 11.4 Å². The summed E-state index contributed by atoms with van der Waals surface area (Å²) in [7, 11) is -2.42. The highest BCUT2D eigenvalue weighted by Crippen LogP contribution is 2.26. The maximum absolute atomic E-state index is 13.4. The number of carbonyl (C=O) groups excluding carboxylic acids is 1. The molecule has 2 aromatic carbocycles. The number of ether oxygens (including phenoxy) is 1. The number of hydrogen-bond acceptors (Lipinski definition) is 5. The zero-order valence-corrected chi connectivity index (χ0v) is 19.5. The van der Waals surface area contributed by atoms with E-state index < -0.39 is 15.9 Å². The highest BCUT2D eigenvalue weighted by atomic mass is 32.2. The molecule has 8 heteroatoms. The zero-order valence-electron chi connectivity index (χ0n) is 18.7. The lowest BCUT2D eigenvalue weighted by atomic mass is 9.99. The normalized spacial score (nSPS) is 14.8. The Morgan fingerprint density at radius 2 is 1.56 bits per heavy atom. The van der Waals surface area contributed by atoms with E-state index in [4.69, 9.17) is 4.74 Å². The van der Waals surface area contributed by atoms with Crippen LogP contribution in [0.4, 0.5) is 5.69 Å². The molecule has 1 saturated carbocycles. The van der Waals surface area contributed by atoms with Crippen LogP contribution in [-0.4, -0.2) is 33.7 Å². The van der Waals surface area contributed by atoms with Gasteiger partial charge < -0.3 is 4.74 Å². The molecule has 7 nitrogen and oxygen atoms in total. The Balaban J connectivity index is 1.83. The Hall–Kier alpha value is -2.87. The Labute approximate surface area is 190 Å². The van der Waals surface area contributed by atoms with Gasteiger partial charge in [-0.2, -0.15) is 5.10 Å². The third-order valence-electron chi connectivity index (χ3n) is 5.53. The molecule has 1 fully saturated rings. The number of nitrogens with one attached hydrogen (secondary N) is 1. The van der Waals surface area contributed by atoms with E-state index >= 15 is 0 Å². The summed E-state index contributed by atoms with van der Waals surface area (Å²) in [6.45, 7) is 1.51. The first-order chi connectivity index (χ1) is 15.4. The van der Waals surface area contributed by atoms with Crippen molar-refractivity contribution < 1.29 is 17.9 Å². The van der Waals surface area contributed by atoms with Crippen LogP contribution >= 0.6 is 0 Å². The molecule has 1 aliphatic carbocycles. The van der Waals surface area contributed by atoms with Gasteiger partial charge in [-0.3, -0.25) is 9.10 Å². The molecule has 0 aromatic heterocycles. The van der Waals surface area contributed by atoms with Gasteiger partial charge in [0.05, 0.1) is 17.7 Å². The Morgan fingerprint density at radius 3 is 2.16 bits per heavy atom. The van der Waals surface area contributed by atoms with Crippen LogP contribution in [0.5, 0.6) is 5.75 Å². The summed E-state index contributed by atoms with van der Waals surface area (Å²) in [4.78, 5) is 12.9. The average Bonchev–Trinajstić information content (AvgIpc) is 2.77. The number of hydrogen-bond donors (Lipinski definition) is 1. The number of aryl methyl sites for hydroxylation is 1. The minimum atomic E-state index is -3.96. The first-order valence-electron chi connectivity index (χ1n) is 11.0. The average molecular weight is 458 g/mol. The van der Waals surface area contributed by atoms with Crippen LogP contribution in [0.1, 0.15) is 50.5 Å². The summed E-state index contributed by atoms with van der Waals surface area (Å²) in [6.07, 6.45) is 7.45. The molecule has 2 aromatic rings. The van der Waals surface area contributed by atoms with Crippen molar-refractivity contribution in [2.45, 2.75) is 56.8 Å². The molecule has 0 radical (unpaired) electrons. The summed E-state index contributed by atoms with van der Waals surface area (Å²) in [5.74, 6) is 0.118. The fourth-order valence-electron chi connectivity index (χ4n) is 3.63. The number of hydrazone groups is 1. The molecule has 0 spiro atoms. The van der Waals surface area contributed by atoms with Crippen molar-refractivity contribution in [3.05, 3.63) is 54.1 Å². The lowest BCUT2D eigenvalue weighted by molar-refractivity contribution is -0.119. The Kier molecular flexibility index (Phi) is 8.27. The number of benzene rings is 2. The summed E-state index contributed by atoms with van der Waals surface area (Å²) < 4.78 is 33.1. The number of anilines is 1. The highest BCUT2D eigenvalue weighted by Gasteiger charge is 2.27. The number of carbonyl (C=O) groups is 1. The van der Waals surface area contributed by atoms with Gasteiger partial charge in [-0.1, -0.05) is 37.0 Å². The summed E-state index contributed by atoms with van der Waals surface area (Å²) >= 11 is 0. The van der Waals surface area contributed by atoms with Crippen LogP contribution < -0.4 is 14.5 Å². The number of sulfonamides is 1. The third-order valence-corrected chi connectivity index (χ3v) is 7.31. The first-order valence-corrected chi connectivity index (χ1v) is 12.4. The molecule has 3 rings (SSSR count). The Morgan fingerprint density at radius 1 is 0.969 bits per heavy atom. The number of methoxy groups -OCH3 is 1. The topological polar surface area (TPSA) is 88.1 Å². The molecule has 1 aliphatic rings. The smallest absolute Gasteiger partial charge is 0.264 e. The fraction of sp³-hybridized carbons (Fsp3) is 0.417. The maximum Gasteiger partial charge on any atom is 0.264 e. The van der Waals surface area contributed by atoms with E-state index in [9.17, 15) is 13.2 Å². The fourth-order valence-corrected chi connectivity index (χ4v) is 5.05. The quantitative estimate of drug-likeness (QED) is 0.624. The van der Waals surface area contributed by atoms with Crippen LogP contribution in [0.2, 0.25) is 0 Å². The summed E-state index contributed by atoms with van der Waals surface area (Å²) in [6, 6.07) is 13.2. The van der Waals surface area contributed by atoms with Crippen LogP contribution in [0.3, 0.4) is 0 Å². The molecular weight excluding hydrogens is 426 g/mol. The Bertz CT molecular complexity index is 1020. The largest absolute Gasteiger partial charge is 0.497 e. The predicted molar refractivity (Wildman–Crippen MR) is 127 cm³/mol. The van der Waals surface area contributed by atoms with Crippen LogP contribution in [-0.2, 0) is 14.8 Å². The van der Waals surface area contributed by atoms with E-state index in [2.05, 4.69) is 10.5 Å². The second-order valence-corrected chi connectivity index (χ2v) is 9.87.